The van der Waals surface area contributed by atoms with Gasteiger partial charge in [0.1, 0.15) is 17.4 Å². The third kappa shape index (κ3) is 10.4. The number of rotatable bonds is 0. The Morgan fingerprint density at radius 2 is 1.25 bits per heavy atom. The van der Waals surface area contributed by atoms with Gasteiger partial charge < -0.3 is 0 Å². The van der Waals surface area contributed by atoms with E-state index in [4.69, 9.17) is 0 Å². The molecule has 0 saturated carbocycles. The molecule has 0 amide bonds. The summed E-state index contributed by atoms with van der Waals surface area (Å²) in [5.41, 5.74) is 0. The first-order chi connectivity index (χ1) is 1.00. The van der Waals surface area contributed by atoms with Crippen molar-refractivity contribution >= 4 is 27.6 Å². The van der Waals surface area contributed by atoms with Crippen LogP contribution < -0.4 is 0 Å². The average molecular weight is 126 g/mol. The van der Waals surface area contributed by atoms with Crippen molar-refractivity contribution in [2.24, 2.45) is 0 Å². The third-order valence-corrected chi connectivity index (χ3v) is 0. The molecule has 0 aliphatic rings. The summed E-state index contributed by atoms with van der Waals surface area (Å²) in [5.74, 6) is 0. The van der Waals surface area contributed by atoms with Crippen LogP contribution in [0.3, 0.4) is 0 Å². The van der Waals surface area contributed by atoms with Crippen molar-refractivity contribution in [1.29, 1.82) is 0 Å². The fraction of sp³-hybridized carbons (Fsp3) is 1.00. The van der Waals surface area contributed by atoms with Gasteiger partial charge in [-0.15, -0.1) is 0 Å². The molecule has 0 fully saturated rings. The minimum absolute atomic E-state index is 0. The molecule has 0 nitrogen and oxygen atoms in total. The van der Waals surface area contributed by atoms with Gasteiger partial charge in [-0.3, -0.25) is 0 Å². The summed E-state index contributed by atoms with van der Waals surface area (Å²) >= 11 is 0. The van der Waals surface area contributed by atoms with E-state index in [0.717, 1.165) is 0 Å². The van der Waals surface area contributed by atoms with Crippen LogP contribution in [0.5, 0.6) is 0 Å². The minimum atomic E-state index is 0. The van der Waals surface area contributed by atoms with Gasteiger partial charge in [-0.05, 0) is 0 Å². The normalized spacial score (nSPS) is 1.50. The standard InChI is InChI=1S/CH5Si.Al.Cr.2H/c1-2;;;;/h2H2,1H3;;;;. The second-order valence-corrected chi connectivity index (χ2v) is 0. The Labute approximate surface area is 51.7 Å². The molecule has 0 aromatic heterocycles. The predicted octanol–water partition coefficient (Wildman–Crippen LogP) is -1.25. The van der Waals surface area contributed by atoms with Crippen molar-refractivity contribution < 1.29 is 17.4 Å². The van der Waals surface area contributed by atoms with E-state index < -0.39 is 0 Å². The molecule has 0 rings (SSSR count). The second kappa shape index (κ2) is 28.1. The molecule has 3 heteroatoms. The van der Waals surface area contributed by atoms with Crippen molar-refractivity contribution in [2.75, 3.05) is 0 Å². The van der Waals surface area contributed by atoms with Gasteiger partial charge in [0.05, 0.1) is 0 Å². The molecule has 0 aliphatic heterocycles. The summed E-state index contributed by atoms with van der Waals surface area (Å²) in [6, 6.07) is 0. The van der Waals surface area contributed by atoms with Gasteiger partial charge in [-0.2, -0.15) is 0 Å². The molecule has 0 heterocycles. The van der Waals surface area contributed by atoms with E-state index in [-0.39, 0.29) is 34.7 Å². The van der Waals surface area contributed by atoms with Gasteiger partial charge in [-0.25, -0.2) is 0 Å². The molecule has 0 aromatic rings. The molecule has 0 unspecified atom stereocenters. The Hall–Kier alpha value is 1.28. The van der Waals surface area contributed by atoms with E-state index in [1.165, 1.54) is 0 Å². The van der Waals surface area contributed by atoms with Crippen LogP contribution in [0.1, 0.15) is 0 Å². The average Bonchev–Trinajstić information content (AvgIpc) is 1.00. The fourth-order valence-electron chi connectivity index (χ4n) is 0. The Morgan fingerprint density at radius 1 is 1.25 bits per heavy atom. The maximum absolute atomic E-state index is 2.03. The second-order valence-electron chi connectivity index (χ2n) is 0. The molecule has 0 bridgehead atoms. The van der Waals surface area contributed by atoms with E-state index in [2.05, 4.69) is 0 Å². The van der Waals surface area contributed by atoms with Crippen molar-refractivity contribution in [3.05, 3.63) is 0 Å². The first-order valence-electron chi connectivity index (χ1n) is 0.707. The number of hydrogen-bond donors (Lipinski definition) is 0. The van der Waals surface area contributed by atoms with Crippen LogP contribution in [-0.2, 0) is 17.4 Å². The zero-order valence-corrected chi connectivity index (χ0v) is 7.80. The molecule has 0 aliphatic carbocycles. The summed E-state index contributed by atoms with van der Waals surface area (Å²) in [5, 5.41) is 0. The van der Waals surface area contributed by atoms with Gasteiger partial charge in [-0.1, -0.05) is 6.55 Å². The monoisotopic (exact) mass is 126 g/mol. The van der Waals surface area contributed by atoms with Gasteiger partial charge in [0, 0.05) is 27.6 Å². The van der Waals surface area contributed by atoms with Crippen LogP contribution in [0.15, 0.2) is 0 Å². The van der Waals surface area contributed by atoms with Crippen LogP contribution in [0.2, 0.25) is 6.55 Å². The van der Waals surface area contributed by atoms with E-state index in [1.807, 2.05) is 16.8 Å². The summed E-state index contributed by atoms with van der Waals surface area (Å²) in [7, 11) is 1.86. The molecule has 0 spiro atoms. The van der Waals surface area contributed by atoms with Crippen LogP contribution >= 0.6 is 0 Å². The summed E-state index contributed by atoms with van der Waals surface area (Å²) < 4.78 is 0. The quantitative estimate of drug-likeness (QED) is 0.356. The molecule has 0 N–H and O–H groups in total. The first kappa shape index (κ1) is 18.6. The molecule has 2 radical (unpaired) electrons. The Balaban J connectivity index is -0.00000000500. The SMILES string of the molecule is C[SiH2].[AlH2].[Cr]. The molecular formula is CH7AlCrSi. The Morgan fingerprint density at radius 3 is 1.25 bits per heavy atom. The number of hydrogen-bond acceptors (Lipinski definition) is 0. The van der Waals surface area contributed by atoms with Crippen molar-refractivity contribution in [1.82, 2.24) is 0 Å². The molecule has 0 atom stereocenters. The van der Waals surface area contributed by atoms with E-state index in [9.17, 15) is 0 Å². The van der Waals surface area contributed by atoms with Gasteiger partial charge in [0.15, 0.2) is 0 Å². The maximum Gasteiger partial charge on any atom is 0.146 e. The molecule has 4 heavy (non-hydrogen) atoms. The minimum Gasteiger partial charge on any atom is -0.0771 e. The van der Waals surface area contributed by atoms with Crippen LogP contribution in [-0.4, -0.2) is 27.6 Å². The first-order valence-corrected chi connectivity index (χ1v) is 2.12. The largest absolute Gasteiger partial charge is 0.146 e. The van der Waals surface area contributed by atoms with Crippen molar-refractivity contribution in [3.8, 4) is 0 Å². The summed E-state index contributed by atoms with van der Waals surface area (Å²) in [4.78, 5) is 0. The third-order valence-electron chi connectivity index (χ3n) is 0. The fourth-order valence-corrected chi connectivity index (χ4v) is 0. The molecule has 0 aromatic carbocycles. The topological polar surface area (TPSA) is 0 Å². The van der Waals surface area contributed by atoms with Crippen LogP contribution in [0.4, 0.5) is 0 Å². The predicted molar refractivity (Wildman–Crippen MR) is 23.0 cm³/mol. The smallest absolute Gasteiger partial charge is 0.0771 e. The molecule has 24 valence electrons. The van der Waals surface area contributed by atoms with Gasteiger partial charge in [0.2, 0.25) is 0 Å². The van der Waals surface area contributed by atoms with Crippen molar-refractivity contribution in [2.45, 2.75) is 6.55 Å². The molecule has 0 saturated heterocycles. The van der Waals surface area contributed by atoms with Crippen LogP contribution in [0, 0.1) is 0 Å². The summed E-state index contributed by atoms with van der Waals surface area (Å²) in [6.07, 6.45) is 0. The van der Waals surface area contributed by atoms with Crippen LogP contribution in [0.25, 0.3) is 0 Å². The Kier molecular flexibility index (Phi) is 131. The maximum atomic E-state index is 2.03. The van der Waals surface area contributed by atoms with Gasteiger partial charge in [0.25, 0.3) is 0 Å². The zero-order valence-electron chi connectivity index (χ0n) is 3.12. The van der Waals surface area contributed by atoms with Crippen molar-refractivity contribution in [3.63, 3.8) is 0 Å². The van der Waals surface area contributed by atoms with Gasteiger partial charge >= 0.3 is 0 Å². The summed E-state index contributed by atoms with van der Waals surface area (Å²) in [6.45, 7) is 2.03. The van der Waals surface area contributed by atoms with E-state index in [0.29, 0.717) is 0 Å². The van der Waals surface area contributed by atoms with E-state index in [1.54, 1.807) is 0 Å². The molecular weight excluding hydrogens is 119 g/mol. The van der Waals surface area contributed by atoms with E-state index >= 15 is 0 Å². The Bertz CT molecular complexity index is 8.00. The zero-order chi connectivity index (χ0) is 2.00.